The van der Waals surface area contributed by atoms with Crippen LogP contribution >= 0.6 is 0 Å². The van der Waals surface area contributed by atoms with Gasteiger partial charge < -0.3 is 5.32 Å². The first-order valence-corrected chi connectivity index (χ1v) is 4.54. The van der Waals surface area contributed by atoms with Crippen molar-refractivity contribution in [3.05, 3.63) is 33.9 Å². The molecule has 0 amide bonds. The van der Waals surface area contributed by atoms with Crippen molar-refractivity contribution in [1.29, 1.82) is 0 Å². The normalized spacial score (nSPS) is 11.2. The summed E-state index contributed by atoms with van der Waals surface area (Å²) >= 11 is 0. The molecule has 1 rings (SSSR count). The van der Waals surface area contributed by atoms with Gasteiger partial charge in [0.15, 0.2) is 0 Å². The van der Waals surface area contributed by atoms with E-state index in [0.717, 1.165) is 0 Å². The van der Waals surface area contributed by atoms with Gasteiger partial charge in [0.25, 0.3) is 5.69 Å². The van der Waals surface area contributed by atoms with Crippen molar-refractivity contribution in [2.45, 2.75) is 13.0 Å². The van der Waals surface area contributed by atoms with Crippen molar-refractivity contribution in [3.63, 3.8) is 0 Å². The number of carbonyl (C=O) groups is 1. The Bertz CT molecular complexity index is 463. The summed E-state index contributed by atoms with van der Waals surface area (Å²) in [5.74, 6) is 2.40. The average Bonchev–Trinajstić information content (AvgIpc) is 2.29. The van der Waals surface area contributed by atoms with Gasteiger partial charge in [0.2, 0.25) is 0 Å². The summed E-state index contributed by atoms with van der Waals surface area (Å²) in [6, 6.07) is 3.85. The third-order valence-electron chi connectivity index (χ3n) is 1.98. The first-order chi connectivity index (χ1) is 7.58. The maximum Gasteiger partial charge on any atom is 0.293 e. The summed E-state index contributed by atoms with van der Waals surface area (Å²) in [5.41, 5.74) is 0.401. The molecule has 1 unspecified atom stereocenters. The van der Waals surface area contributed by atoms with Gasteiger partial charge in [-0.3, -0.25) is 14.9 Å². The number of nitro groups is 1. The molecule has 0 radical (unpaired) electrons. The highest BCUT2D eigenvalue weighted by molar-refractivity contribution is 5.79. The lowest BCUT2D eigenvalue weighted by Crippen LogP contribution is -2.13. The van der Waals surface area contributed by atoms with E-state index in [4.69, 9.17) is 6.42 Å². The first kappa shape index (κ1) is 11.7. The van der Waals surface area contributed by atoms with Crippen LogP contribution in [0, 0.1) is 22.5 Å². The van der Waals surface area contributed by atoms with Gasteiger partial charge in [0, 0.05) is 11.6 Å². The molecule has 0 aromatic heterocycles. The number of carbonyl (C=O) groups excluding carboxylic acids is 1. The van der Waals surface area contributed by atoms with E-state index >= 15 is 0 Å². The maximum absolute atomic E-state index is 10.8. The predicted octanol–water partition coefficient (Wildman–Crippen LogP) is 1.84. The van der Waals surface area contributed by atoms with E-state index in [9.17, 15) is 14.9 Å². The van der Waals surface area contributed by atoms with Gasteiger partial charge in [-0.15, -0.1) is 6.42 Å². The second-order valence-corrected chi connectivity index (χ2v) is 3.18. The molecule has 0 saturated carbocycles. The lowest BCUT2D eigenvalue weighted by molar-refractivity contribution is -0.384. The third kappa shape index (κ3) is 2.58. The lowest BCUT2D eigenvalue weighted by atomic mass is 10.1. The number of rotatable bonds is 4. The molecule has 5 heteroatoms. The molecule has 16 heavy (non-hydrogen) atoms. The Labute approximate surface area is 92.6 Å². The molecule has 1 atom stereocenters. The van der Waals surface area contributed by atoms with E-state index in [1.807, 2.05) is 0 Å². The molecule has 0 bridgehead atoms. The van der Waals surface area contributed by atoms with E-state index in [1.165, 1.54) is 18.2 Å². The number of benzene rings is 1. The summed E-state index contributed by atoms with van der Waals surface area (Å²) in [4.78, 5) is 20.7. The van der Waals surface area contributed by atoms with Crippen LogP contribution in [0.15, 0.2) is 18.2 Å². The van der Waals surface area contributed by atoms with Crippen LogP contribution in [0.4, 0.5) is 11.4 Å². The second kappa shape index (κ2) is 4.94. The molecule has 1 N–H and O–H groups in total. The van der Waals surface area contributed by atoms with Gasteiger partial charge in [-0.25, -0.2) is 0 Å². The molecule has 5 nitrogen and oxygen atoms in total. The number of hydrogen-bond donors (Lipinski definition) is 1. The zero-order chi connectivity index (χ0) is 12.1. The Morgan fingerprint density at radius 3 is 2.81 bits per heavy atom. The third-order valence-corrected chi connectivity index (χ3v) is 1.98. The van der Waals surface area contributed by atoms with E-state index in [2.05, 4.69) is 11.2 Å². The Balaban J connectivity index is 3.14. The van der Waals surface area contributed by atoms with Gasteiger partial charge >= 0.3 is 0 Å². The van der Waals surface area contributed by atoms with Gasteiger partial charge in [0.05, 0.1) is 11.0 Å². The first-order valence-electron chi connectivity index (χ1n) is 4.54. The predicted molar refractivity (Wildman–Crippen MR) is 60.4 cm³/mol. The smallest absolute Gasteiger partial charge is 0.293 e. The molecule has 0 fully saturated rings. The summed E-state index contributed by atoms with van der Waals surface area (Å²) in [6.45, 7) is 1.71. The Morgan fingerprint density at radius 1 is 1.62 bits per heavy atom. The topological polar surface area (TPSA) is 72.2 Å². The molecule has 0 aliphatic rings. The van der Waals surface area contributed by atoms with Crippen molar-refractivity contribution >= 4 is 17.7 Å². The van der Waals surface area contributed by atoms with Crippen molar-refractivity contribution in [3.8, 4) is 12.3 Å². The highest BCUT2D eigenvalue weighted by Crippen LogP contribution is 2.25. The number of terminal acetylenes is 1. The zero-order valence-corrected chi connectivity index (χ0v) is 8.64. The quantitative estimate of drug-likeness (QED) is 0.362. The minimum atomic E-state index is -0.557. The molecular weight excluding hydrogens is 208 g/mol. The van der Waals surface area contributed by atoms with Crippen molar-refractivity contribution < 1.29 is 9.72 Å². The number of hydrogen-bond acceptors (Lipinski definition) is 4. The number of anilines is 1. The van der Waals surface area contributed by atoms with E-state index < -0.39 is 4.92 Å². The van der Waals surface area contributed by atoms with Gasteiger partial charge in [-0.05, 0) is 19.1 Å². The van der Waals surface area contributed by atoms with Crippen molar-refractivity contribution in [2.24, 2.45) is 0 Å². The van der Waals surface area contributed by atoms with Gasteiger partial charge in [-0.2, -0.15) is 0 Å². The summed E-state index contributed by atoms with van der Waals surface area (Å²) in [7, 11) is 0. The fraction of sp³-hybridized carbons (Fsp3) is 0.182. The monoisotopic (exact) mass is 218 g/mol. The highest BCUT2D eigenvalue weighted by atomic mass is 16.6. The van der Waals surface area contributed by atoms with Crippen LogP contribution in [0.25, 0.3) is 0 Å². The molecule has 82 valence electrons. The Hall–Kier alpha value is -2.35. The summed E-state index contributed by atoms with van der Waals surface area (Å²) in [6.07, 6.45) is 5.72. The molecular formula is C11H10N2O3. The van der Waals surface area contributed by atoms with Gasteiger partial charge in [0.1, 0.15) is 12.0 Å². The second-order valence-electron chi connectivity index (χ2n) is 3.18. The number of aldehydes is 1. The van der Waals surface area contributed by atoms with E-state index in [-0.39, 0.29) is 17.3 Å². The molecule has 0 saturated heterocycles. The number of nitro benzene ring substituents is 1. The van der Waals surface area contributed by atoms with Crippen molar-refractivity contribution in [2.75, 3.05) is 5.32 Å². The largest absolute Gasteiger partial charge is 0.366 e. The maximum atomic E-state index is 10.8. The van der Waals surface area contributed by atoms with E-state index in [0.29, 0.717) is 12.0 Å². The van der Waals surface area contributed by atoms with Crippen LogP contribution in [0.1, 0.15) is 17.3 Å². The molecule has 1 aromatic rings. The molecule has 0 aliphatic heterocycles. The Kier molecular flexibility index (Phi) is 3.62. The summed E-state index contributed by atoms with van der Waals surface area (Å²) < 4.78 is 0. The van der Waals surface area contributed by atoms with E-state index in [1.54, 1.807) is 6.92 Å². The number of nitrogens with zero attached hydrogens (tertiary/aromatic N) is 1. The Morgan fingerprint density at radius 2 is 2.31 bits per heavy atom. The van der Waals surface area contributed by atoms with Crippen LogP contribution in [-0.2, 0) is 0 Å². The molecule has 0 heterocycles. The molecule has 0 aliphatic carbocycles. The molecule has 0 spiro atoms. The lowest BCUT2D eigenvalue weighted by Gasteiger charge is -2.09. The summed E-state index contributed by atoms with van der Waals surface area (Å²) in [5, 5.41) is 13.6. The van der Waals surface area contributed by atoms with Crippen LogP contribution in [0.2, 0.25) is 0 Å². The number of nitrogens with one attached hydrogen (secondary N) is 1. The van der Waals surface area contributed by atoms with Crippen LogP contribution in [-0.4, -0.2) is 17.3 Å². The van der Waals surface area contributed by atoms with Crippen LogP contribution in [0.5, 0.6) is 0 Å². The fourth-order valence-electron chi connectivity index (χ4n) is 1.17. The van der Waals surface area contributed by atoms with Gasteiger partial charge in [-0.1, -0.05) is 5.92 Å². The highest BCUT2D eigenvalue weighted by Gasteiger charge is 2.15. The SMILES string of the molecule is C#CC(C)Nc1ccc(C=O)cc1[N+](=O)[O-]. The standard InChI is InChI=1S/C11H10N2O3/c1-3-8(2)12-10-5-4-9(7-14)6-11(10)13(15)16/h1,4-8,12H,2H3. The zero-order valence-electron chi connectivity index (χ0n) is 8.64. The fourth-order valence-corrected chi connectivity index (χ4v) is 1.17. The van der Waals surface area contributed by atoms with Crippen molar-refractivity contribution in [1.82, 2.24) is 0 Å². The van der Waals surface area contributed by atoms with Crippen LogP contribution in [0.3, 0.4) is 0 Å². The average molecular weight is 218 g/mol. The minimum Gasteiger partial charge on any atom is -0.366 e. The molecule has 1 aromatic carbocycles. The minimum absolute atomic E-state index is 0.160. The van der Waals surface area contributed by atoms with Crippen LogP contribution < -0.4 is 5.32 Å².